The third-order valence-corrected chi connectivity index (χ3v) is 11.5. The zero-order valence-electron chi connectivity index (χ0n) is 24.0. The first-order valence-electron chi connectivity index (χ1n) is 14.0. The van der Waals surface area contributed by atoms with Crippen molar-refractivity contribution >= 4 is 52.6 Å². The van der Waals surface area contributed by atoms with Crippen LogP contribution in [0.15, 0.2) is 95.3 Å². The topological polar surface area (TPSA) is 111 Å². The maximum atomic E-state index is 14.2. The molecule has 0 bridgehead atoms. The molecule has 0 spiro atoms. The Kier molecular flexibility index (Phi) is 8.92. The number of thioether (sulfide) groups is 2. The predicted octanol–water partition coefficient (Wildman–Crippen LogP) is 4.88. The molecule has 2 aliphatic heterocycles. The van der Waals surface area contributed by atoms with Gasteiger partial charge in [-0.25, -0.2) is 4.79 Å². The van der Waals surface area contributed by atoms with Crippen LogP contribution in [0.3, 0.4) is 0 Å². The van der Waals surface area contributed by atoms with Gasteiger partial charge in [0.05, 0.1) is 4.75 Å². The van der Waals surface area contributed by atoms with Gasteiger partial charge in [0.1, 0.15) is 28.2 Å². The number of benzene rings is 3. The summed E-state index contributed by atoms with van der Waals surface area (Å²) in [6, 6.07) is 26.4. The fourth-order valence-electron chi connectivity index (χ4n) is 5.32. The molecule has 0 radical (unpaired) electrons. The number of nitrogens with one attached hydrogen (secondary N) is 1. The minimum absolute atomic E-state index is 0.226. The summed E-state index contributed by atoms with van der Waals surface area (Å²) in [5.74, 6) is -0.197. The molecule has 226 valence electrons. The minimum Gasteiger partial charge on any atom is -0.484 e. The summed E-state index contributed by atoms with van der Waals surface area (Å²) < 4.78 is 11.9. The number of para-hydroxylation sites is 1. The second kappa shape index (κ2) is 13.0. The molecule has 2 saturated heterocycles. The first-order chi connectivity index (χ1) is 21.3. The number of rotatable bonds is 11. The van der Waals surface area contributed by atoms with Crippen LogP contribution in [0.5, 0.6) is 5.75 Å². The fourth-order valence-corrected chi connectivity index (χ4v) is 9.17. The van der Waals surface area contributed by atoms with E-state index in [0.717, 1.165) is 20.5 Å². The average molecular weight is 647 g/mol. The van der Waals surface area contributed by atoms with Crippen molar-refractivity contribution < 1.29 is 23.9 Å². The molecular formula is C32H30N4O5S3. The number of aryl methyl sites for hydroxylation is 1. The number of ether oxygens (including phenoxy) is 2. The largest absolute Gasteiger partial charge is 0.484 e. The van der Waals surface area contributed by atoms with E-state index in [9.17, 15) is 14.4 Å². The lowest BCUT2D eigenvalue weighted by molar-refractivity contribution is -0.166. The highest BCUT2D eigenvalue weighted by molar-refractivity contribution is 8.05. The number of hydrogen-bond acceptors (Lipinski definition) is 10. The van der Waals surface area contributed by atoms with Crippen LogP contribution in [0.2, 0.25) is 0 Å². The van der Waals surface area contributed by atoms with Crippen molar-refractivity contribution in [3.8, 4) is 5.75 Å². The van der Waals surface area contributed by atoms with Gasteiger partial charge in [0.15, 0.2) is 17.1 Å². The summed E-state index contributed by atoms with van der Waals surface area (Å²) >= 11 is 4.47. The molecule has 2 fully saturated rings. The van der Waals surface area contributed by atoms with Crippen LogP contribution in [-0.2, 0) is 19.1 Å². The second-order valence-electron chi connectivity index (χ2n) is 10.6. The van der Waals surface area contributed by atoms with E-state index in [1.807, 2.05) is 92.7 Å². The Morgan fingerprint density at radius 2 is 1.59 bits per heavy atom. The van der Waals surface area contributed by atoms with Gasteiger partial charge in [-0.15, -0.1) is 22.0 Å². The van der Waals surface area contributed by atoms with E-state index in [2.05, 4.69) is 15.5 Å². The van der Waals surface area contributed by atoms with Gasteiger partial charge < -0.3 is 19.7 Å². The molecule has 3 aromatic carbocycles. The number of fused-ring (bicyclic) bond motifs is 1. The molecule has 2 aliphatic rings. The van der Waals surface area contributed by atoms with Crippen molar-refractivity contribution in [2.45, 2.75) is 46.5 Å². The van der Waals surface area contributed by atoms with E-state index < -0.39 is 40.2 Å². The summed E-state index contributed by atoms with van der Waals surface area (Å²) in [6.45, 7) is 3.63. The SMILES string of the molecule is Cc1nnc(SC[C@]2(C)S[C@@H]3[C@H](NC(=O)COc4ccccc4)C(=O)N3[C@H]2C(=O)OC(c2ccccc2)c2ccccc2)s1. The highest BCUT2D eigenvalue weighted by atomic mass is 32.2. The van der Waals surface area contributed by atoms with E-state index in [0.29, 0.717) is 11.5 Å². The quantitative estimate of drug-likeness (QED) is 0.139. The fraction of sp³-hybridized carbons (Fsp3) is 0.281. The predicted molar refractivity (Wildman–Crippen MR) is 170 cm³/mol. The maximum Gasteiger partial charge on any atom is 0.331 e. The van der Waals surface area contributed by atoms with E-state index in [1.165, 1.54) is 34.9 Å². The molecule has 4 atom stereocenters. The number of hydrogen-bond donors (Lipinski definition) is 1. The van der Waals surface area contributed by atoms with Crippen molar-refractivity contribution in [1.29, 1.82) is 0 Å². The molecule has 44 heavy (non-hydrogen) atoms. The maximum absolute atomic E-state index is 14.2. The monoisotopic (exact) mass is 646 g/mol. The molecule has 0 unspecified atom stereocenters. The van der Waals surface area contributed by atoms with Crippen LogP contribution in [0.4, 0.5) is 0 Å². The number of esters is 1. The number of amides is 2. The number of carbonyl (C=O) groups is 3. The molecule has 0 saturated carbocycles. The molecule has 3 heterocycles. The van der Waals surface area contributed by atoms with Crippen LogP contribution < -0.4 is 10.1 Å². The van der Waals surface area contributed by atoms with Crippen molar-refractivity contribution in [2.75, 3.05) is 12.4 Å². The zero-order chi connectivity index (χ0) is 30.7. The van der Waals surface area contributed by atoms with Crippen LogP contribution in [0, 0.1) is 6.92 Å². The Morgan fingerprint density at radius 3 is 2.18 bits per heavy atom. The Bertz CT molecular complexity index is 1590. The van der Waals surface area contributed by atoms with Crippen molar-refractivity contribution in [2.24, 2.45) is 0 Å². The van der Waals surface area contributed by atoms with Gasteiger partial charge in [-0.3, -0.25) is 9.59 Å². The van der Waals surface area contributed by atoms with E-state index in [-0.39, 0.29) is 12.5 Å². The molecule has 0 aliphatic carbocycles. The van der Waals surface area contributed by atoms with Gasteiger partial charge in [0.2, 0.25) is 5.91 Å². The third kappa shape index (κ3) is 6.33. The first kappa shape index (κ1) is 30.2. The standard InChI is InChI=1S/C32H30N4O5S3/c1-20-34-35-31(43-20)42-19-32(2)27(30(39)41-26(21-12-6-3-7-13-21)22-14-8-4-9-15-22)36-28(38)25(29(36)44-32)33-24(37)18-40-23-16-10-5-11-17-23/h3-17,25-27,29H,18-19H2,1-2H3,(H,33,37)/t25-,27+,29-,32+/m1/s1. The molecule has 6 rings (SSSR count). The van der Waals surface area contributed by atoms with Gasteiger partial charge in [0, 0.05) is 5.75 Å². The number of β-lactam (4-membered cyclic amide) rings is 1. The Morgan fingerprint density at radius 1 is 0.977 bits per heavy atom. The summed E-state index contributed by atoms with van der Waals surface area (Å²) in [5.41, 5.74) is 1.65. The van der Waals surface area contributed by atoms with Gasteiger partial charge in [-0.1, -0.05) is 102 Å². The minimum atomic E-state index is -0.879. The van der Waals surface area contributed by atoms with Gasteiger partial charge in [-0.2, -0.15) is 0 Å². The molecule has 9 nitrogen and oxygen atoms in total. The van der Waals surface area contributed by atoms with E-state index >= 15 is 0 Å². The Balaban J connectivity index is 1.23. The normalized spacial score (nSPS) is 22.3. The lowest BCUT2D eigenvalue weighted by Gasteiger charge is -2.44. The molecule has 4 aromatic rings. The molecule has 1 N–H and O–H groups in total. The van der Waals surface area contributed by atoms with Gasteiger partial charge >= 0.3 is 5.97 Å². The second-order valence-corrected chi connectivity index (χ2v) is 14.7. The van der Waals surface area contributed by atoms with Crippen molar-refractivity contribution in [3.05, 3.63) is 107 Å². The lowest BCUT2D eigenvalue weighted by Crippen LogP contribution is -2.71. The van der Waals surface area contributed by atoms with Crippen LogP contribution in [-0.4, -0.2) is 67.4 Å². The van der Waals surface area contributed by atoms with Crippen molar-refractivity contribution in [1.82, 2.24) is 20.4 Å². The smallest absolute Gasteiger partial charge is 0.331 e. The lowest BCUT2D eigenvalue weighted by atomic mass is 9.95. The summed E-state index contributed by atoms with van der Waals surface area (Å²) in [7, 11) is 0. The van der Waals surface area contributed by atoms with Crippen LogP contribution >= 0.6 is 34.9 Å². The molecule has 2 amide bonds. The summed E-state index contributed by atoms with van der Waals surface area (Å²) in [5, 5.41) is 11.6. The third-order valence-electron chi connectivity index (χ3n) is 7.41. The first-order valence-corrected chi connectivity index (χ1v) is 16.7. The highest BCUT2D eigenvalue weighted by Gasteiger charge is 2.66. The van der Waals surface area contributed by atoms with E-state index in [4.69, 9.17) is 9.47 Å². The number of carbonyl (C=O) groups excluding carboxylic acids is 3. The Hall–Kier alpha value is -3.87. The summed E-state index contributed by atoms with van der Waals surface area (Å²) in [4.78, 5) is 42.1. The number of aromatic nitrogens is 2. The van der Waals surface area contributed by atoms with Gasteiger partial charge in [-0.05, 0) is 37.1 Å². The highest BCUT2D eigenvalue weighted by Crippen LogP contribution is 2.53. The zero-order valence-corrected chi connectivity index (χ0v) is 26.4. The average Bonchev–Trinajstić information content (AvgIpc) is 3.60. The van der Waals surface area contributed by atoms with Crippen LogP contribution in [0.1, 0.15) is 29.2 Å². The van der Waals surface area contributed by atoms with E-state index in [1.54, 1.807) is 17.0 Å². The van der Waals surface area contributed by atoms with Gasteiger partial charge in [0.25, 0.3) is 5.91 Å². The van der Waals surface area contributed by atoms with Crippen molar-refractivity contribution in [3.63, 3.8) is 0 Å². The molecular weight excluding hydrogens is 617 g/mol. The molecule has 12 heteroatoms. The Labute approximate surface area is 267 Å². The molecule has 1 aromatic heterocycles. The van der Waals surface area contributed by atoms with Crippen LogP contribution in [0.25, 0.3) is 0 Å². The number of nitrogens with zero attached hydrogens (tertiary/aromatic N) is 3. The summed E-state index contributed by atoms with van der Waals surface area (Å²) in [6.07, 6.45) is -0.654.